The average molecular weight is 276 g/mol. The minimum Gasteiger partial charge on any atom is -0.481 e. The highest BCUT2D eigenvalue weighted by Crippen LogP contribution is 2.07. The molecule has 20 heavy (non-hydrogen) atoms. The Morgan fingerprint density at radius 2 is 2.15 bits per heavy atom. The first-order chi connectivity index (χ1) is 9.47. The van der Waals surface area contributed by atoms with E-state index in [1.54, 1.807) is 36.6 Å². The van der Waals surface area contributed by atoms with Gasteiger partial charge in [-0.25, -0.2) is 0 Å². The Morgan fingerprint density at radius 3 is 2.85 bits per heavy atom. The monoisotopic (exact) mass is 276 g/mol. The molecular weight excluding hydrogens is 260 g/mol. The quantitative estimate of drug-likeness (QED) is 0.845. The van der Waals surface area contributed by atoms with Crippen LogP contribution in [0.5, 0.6) is 0 Å². The van der Waals surface area contributed by atoms with Crippen molar-refractivity contribution in [2.75, 3.05) is 6.54 Å². The van der Waals surface area contributed by atoms with Gasteiger partial charge in [0, 0.05) is 19.2 Å². The zero-order chi connectivity index (χ0) is 14.7. The molecule has 2 aromatic rings. The summed E-state index contributed by atoms with van der Waals surface area (Å²) in [5.41, 5.74) is 1.17. The van der Waals surface area contributed by atoms with Crippen LogP contribution in [0.3, 0.4) is 0 Å². The van der Waals surface area contributed by atoms with Crippen molar-refractivity contribution in [2.24, 2.45) is 5.92 Å². The largest absolute Gasteiger partial charge is 0.481 e. The van der Waals surface area contributed by atoms with E-state index in [1.165, 1.54) is 0 Å². The number of hydrogen-bond donors (Lipinski definition) is 2. The Morgan fingerprint density at radius 1 is 1.40 bits per heavy atom. The topological polar surface area (TPSA) is 96.6 Å². The van der Waals surface area contributed by atoms with Crippen molar-refractivity contribution >= 4 is 17.5 Å². The Balaban J connectivity index is 2.03. The van der Waals surface area contributed by atoms with Crippen LogP contribution in [0, 0.1) is 12.8 Å². The van der Waals surface area contributed by atoms with E-state index in [2.05, 4.69) is 15.5 Å². The third kappa shape index (κ3) is 3.11. The Bertz CT molecular complexity index is 650. The number of aryl methyl sites for hydroxylation is 1. The fraction of sp³-hybridized carbons (Fsp3) is 0.385. The zero-order valence-corrected chi connectivity index (χ0v) is 11.3. The summed E-state index contributed by atoms with van der Waals surface area (Å²) in [5.74, 6) is -0.517. The number of rotatable bonds is 5. The van der Waals surface area contributed by atoms with E-state index in [1.807, 2.05) is 0 Å². The van der Waals surface area contributed by atoms with Crippen LogP contribution in [-0.2, 0) is 4.79 Å². The maximum atomic E-state index is 12.0. The number of pyridine rings is 1. The predicted octanol–water partition coefficient (Wildman–Crippen LogP) is 0.878. The van der Waals surface area contributed by atoms with E-state index in [0.717, 1.165) is 0 Å². The summed E-state index contributed by atoms with van der Waals surface area (Å²) in [6.07, 6.45) is 1.70. The first kappa shape index (κ1) is 14.0. The number of carbonyl (C=O) groups excluding carboxylic acids is 1. The molecule has 0 aliphatic rings. The van der Waals surface area contributed by atoms with Crippen molar-refractivity contribution in [1.82, 2.24) is 19.9 Å². The van der Waals surface area contributed by atoms with Gasteiger partial charge in [0.05, 0.1) is 5.56 Å². The molecule has 2 aromatic heterocycles. The second kappa shape index (κ2) is 5.68. The maximum absolute atomic E-state index is 12.0. The van der Waals surface area contributed by atoms with Gasteiger partial charge in [0.1, 0.15) is 5.82 Å². The predicted molar refractivity (Wildman–Crippen MR) is 71.5 cm³/mol. The first-order valence-electron chi connectivity index (χ1n) is 6.28. The molecule has 106 valence electrons. The molecule has 0 spiro atoms. The lowest BCUT2D eigenvalue weighted by atomic mass is 10.1. The molecule has 7 heteroatoms. The highest BCUT2D eigenvalue weighted by Gasteiger charge is 2.12. The normalized spacial score (nSPS) is 12.3. The zero-order valence-electron chi connectivity index (χ0n) is 11.3. The van der Waals surface area contributed by atoms with E-state index in [9.17, 15) is 9.59 Å². The number of amides is 1. The maximum Gasteiger partial charge on any atom is 0.303 e. The molecule has 0 fully saturated rings. The third-order valence-electron chi connectivity index (χ3n) is 2.97. The summed E-state index contributed by atoms with van der Waals surface area (Å²) in [6.45, 7) is 3.91. The summed E-state index contributed by atoms with van der Waals surface area (Å²) in [5, 5.41) is 19.2. The fourth-order valence-corrected chi connectivity index (χ4v) is 1.88. The standard InChI is InChI=1S/C13H16N4O3/c1-8(5-12(18)19)6-14-13(20)10-3-4-11-16-15-9(2)17(11)7-10/h3-4,7-8H,5-6H2,1-2H3,(H,14,20)(H,18,19). The molecule has 0 bridgehead atoms. The van der Waals surface area contributed by atoms with Gasteiger partial charge in [-0.3, -0.25) is 14.0 Å². The van der Waals surface area contributed by atoms with Crippen LogP contribution >= 0.6 is 0 Å². The molecule has 0 aliphatic heterocycles. The molecule has 1 amide bonds. The molecule has 2 rings (SSSR count). The highest BCUT2D eigenvalue weighted by molar-refractivity contribution is 5.94. The van der Waals surface area contributed by atoms with Crippen LogP contribution in [-0.4, -0.2) is 38.1 Å². The van der Waals surface area contributed by atoms with Gasteiger partial charge < -0.3 is 10.4 Å². The Kier molecular flexibility index (Phi) is 3.97. The smallest absolute Gasteiger partial charge is 0.303 e. The SMILES string of the molecule is Cc1nnc2ccc(C(=O)NCC(C)CC(=O)O)cn12. The molecule has 1 unspecified atom stereocenters. The van der Waals surface area contributed by atoms with Crippen molar-refractivity contribution in [1.29, 1.82) is 0 Å². The van der Waals surface area contributed by atoms with Gasteiger partial charge in [0.25, 0.3) is 5.91 Å². The van der Waals surface area contributed by atoms with Crippen molar-refractivity contribution in [3.05, 3.63) is 29.7 Å². The van der Waals surface area contributed by atoms with Gasteiger partial charge in [0.15, 0.2) is 5.65 Å². The lowest BCUT2D eigenvalue weighted by molar-refractivity contribution is -0.137. The molecule has 0 aromatic carbocycles. The van der Waals surface area contributed by atoms with E-state index in [0.29, 0.717) is 23.6 Å². The summed E-state index contributed by atoms with van der Waals surface area (Å²) < 4.78 is 1.73. The number of carboxylic acid groups (broad SMARTS) is 1. The van der Waals surface area contributed by atoms with Crippen LogP contribution in [0.1, 0.15) is 29.5 Å². The summed E-state index contributed by atoms with van der Waals surface area (Å²) >= 11 is 0. The fourth-order valence-electron chi connectivity index (χ4n) is 1.88. The van der Waals surface area contributed by atoms with E-state index in [-0.39, 0.29) is 18.2 Å². The van der Waals surface area contributed by atoms with E-state index < -0.39 is 5.97 Å². The Labute approximate surface area is 115 Å². The molecule has 2 N–H and O–H groups in total. The Hall–Kier alpha value is -2.44. The van der Waals surface area contributed by atoms with Gasteiger partial charge in [0.2, 0.25) is 0 Å². The highest BCUT2D eigenvalue weighted by atomic mass is 16.4. The minimum atomic E-state index is -0.867. The van der Waals surface area contributed by atoms with Crippen LogP contribution in [0.25, 0.3) is 5.65 Å². The summed E-state index contributed by atoms with van der Waals surface area (Å²) in [7, 11) is 0. The molecule has 0 saturated carbocycles. The van der Waals surface area contributed by atoms with Gasteiger partial charge in [-0.15, -0.1) is 10.2 Å². The molecular formula is C13H16N4O3. The molecule has 1 atom stereocenters. The van der Waals surface area contributed by atoms with Crippen molar-refractivity contribution < 1.29 is 14.7 Å². The van der Waals surface area contributed by atoms with Crippen molar-refractivity contribution in [3.63, 3.8) is 0 Å². The lowest BCUT2D eigenvalue weighted by Gasteiger charge is -2.10. The van der Waals surface area contributed by atoms with Gasteiger partial charge in [-0.05, 0) is 25.0 Å². The number of fused-ring (bicyclic) bond motifs is 1. The van der Waals surface area contributed by atoms with Crippen LogP contribution in [0.2, 0.25) is 0 Å². The van der Waals surface area contributed by atoms with Gasteiger partial charge in [-0.1, -0.05) is 6.92 Å². The van der Waals surface area contributed by atoms with E-state index >= 15 is 0 Å². The molecule has 0 radical (unpaired) electrons. The number of hydrogen-bond acceptors (Lipinski definition) is 4. The molecule has 0 saturated heterocycles. The number of nitrogens with zero attached hydrogens (tertiary/aromatic N) is 3. The number of aromatic nitrogens is 3. The van der Waals surface area contributed by atoms with Crippen LogP contribution in [0.4, 0.5) is 0 Å². The van der Waals surface area contributed by atoms with E-state index in [4.69, 9.17) is 5.11 Å². The average Bonchev–Trinajstić information content (AvgIpc) is 2.76. The lowest BCUT2D eigenvalue weighted by Crippen LogP contribution is -2.29. The van der Waals surface area contributed by atoms with Gasteiger partial charge in [-0.2, -0.15) is 0 Å². The number of nitrogens with one attached hydrogen (secondary N) is 1. The number of carbonyl (C=O) groups is 2. The summed E-state index contributed by atoms with van der Waals surface area (Å²) in [6, 6.07) is 3.39. The first-order valence-corrected chi connectivity index (χ1v) is 6.28. The van der Waals surface area contributed by atoms with Gasteiger partial charge >= 0.3 is 5.97 Å². The van der Waals surface area contributed by atoms with Crippen molar-refractivity contribution in [2.45, 2.75) is 20.3 Å². The van der Waals surface area contributed by atoms with Crippen molar-refractivity contribution in [3.8, 4) is 0 Å². The summed E-state index contributed by atoms with van der Waals surface area (Å²) in [4.78, 5) is 22.5. The minimum absolute atomic E-state index is 0.0316. The second-order valence-corrected chi connectivity index (χ2v) is 4.81. The third-order valence-corrected chi connectivity index (χ3v) is 2.97. The van der Waals surface area contributed by atoms with Crippen LogP contribution < -0.4 is 5.32 Å². The number of aliphatic carboxylic acids is 1. The molecule has 2 heterocycles. The second-order valence-electron chi connectivity index (χ2n) is 4.81. The molecule has 0 aliphatic carbocycles. The molecule has 7 nitrogen and oxygen atoms in total. The number of carboxylic acids is 1. The van der Waals surface area contributed by atoms with Crippen LogP contribution in [0.15, 0.2) is 18.3 Å².